The summed E-state index contributed by atoms with van der Waals surface area (Å²) < 4.78 is 58.2. The highest BCUT2D eigenvalue weighted by Gasteiger charge is 2.29. The number of halogens is 2. The largest absolute Gasteiger partial charge is 0.343 e. The molecule has 2 atom stereocenters. The van der Waals surface area contributed by atoms with E-state index in [1.165, 1.54) is 30.5 Å². The first-order chi connectivity index (χ1) is 20.6. The Kier molecular flexibility index (Phi) is 8.06. The van der Waals surface area contributed by atoms with Crippen molar-refractivity contribution in [2.45, 2.75) is 70.1 Å². The lowest BCUT2D eigenvalue weighted by Crippen LogP contribution is -2.31. The Balaban J connectivity index is 1.32. The number of likely N-dealkylation sites (tertiary alicyclic amines) is 1. The molecule has 2 fully saturated rings. The van der Waals surface area contributed by atoms with Gasteiger partial charge in [-0.15, -0.1) is 0 Å². The average Bonchev–Trinajstić information content (AvgIpc) is 3.64. The van der Waals surface area contributed by atoms with E-state index < -0.39 is 21.7 Å². The maximum Gasteiger partial charge on any atom is 0.269 e. The van der Waals surface area contributed by atoms with Gasteiger partial charge < -0.3 is 4.90 Å². The average molecular weight is 607 g/mol. The lowest BCUT2D eigenvalue weighted by molar-refractivity contribution is -0.131. The van der Waals surface area contributed by atoms with Crippen LogP contribution in [0.1, 0.15) is 61.8 Å². The Morgan fingerprint density at radius 3 is 2.47 bits per heavy atom. The van der Waals surface area contributed by atoms with Crippen molar-refractivity contribution in [2.24, 2.45) is 11.8 Å². The van der Waals surface area contributed by atoms with E-state index >= 15 is 4.39 Å². The molecule has 43 heavy (non-hydrogen) atoms. The van der Waals surface area contributed by atoms with E-state index in [-0.39, 0.29) is 33.7 Å². The molecule has 1 aliphatic carbocycles. The molecule has 10 heteroatoms. The smallest absolute Gasteiger partial charge is 0.269 e. The van der Waals surface area contributed by atoms with Crippen LogP contribution >= 0.6 is 0 Å². The molecule has 6 rings (SSSR count). The van der Waals surface area contributed by atoms with Gasteiger partial charge in [-0.3, -0.25) is 4.79 Å². The van der Waals surface area contributed by atoms with Gasteiger partial charge in [0, 0.05) is 36.7 Å². The molecule has 226 valence electrons. The van der Waals surface area contributed by atoms with E-state index in [0.29, 0.717) is 35.4 Å². The van der Waals surface area contributed by atoms with Crippen molar-refractivity contribution in [1.82, 2.24) is 18.8 Å². The van der Waals surface area contributed by atoms with Crippen LogP contribution in [-0.4, -0.2) is 46.3 Å². The van der Waals surface area contributed by atoms with Crippen molar-refractivity contribution in [3.63, 3.8) is 0 Å². The monoisotopic (exact) mass is 606 g/mol. The minimum Gasteiger partial charge on any atom is -0.343 e. The van der Waals surface area contributed by atoms with Gasteiger partial charge in [0.1, 0.15) is 11.6 Å². The fourth-order valence-electron chi connectivity index (χ4n) is 6.67. The standard InChI is InChI=1S/C33H36F2N4O3S/c1-21-8-10-26(11-9-21)43(41,42)39-20-28(27-18-25(34)19-36-33(27)39)32-22(2)14-29(35)30(37-32)16-23-6-5-7-24(15-23)17-31(40)38-12-3-4-13-38/h8-11,14,18-20,23-24H,3-7,12-13,15-17H2,1-2H3/t23-,24+/m0/s1. The number of pyridine rings is 2. The minimum atomic E-state index is -4.06. The summed E-state index contributed by atoms with van der Waals surface area (Å²) in [6.07, 6.45) is 9.24. The number of rotatable bonds is 7. The summed E-state index contributed by atoms with van der Waals surface area (Å²) in [5.74, 6) is -0.348. The molecule has 3 aromatic heterocycles. The van der Waals surface area contributed by atoms with Crippen molar-refractivity contribution in [1.29, 1.82) is 0 Å². The number of benzene rings is 1. The number of hydrogen-bond acceptors (Lipinski definition) is 5. The van der Waals surface area contributed by atoms with Crippen LogP contribution < -0.4 is 0 Å². The van der Waals surface area contributed by atoms with E-state index in [2.05, 4.69) is 4.98 Å². The Hall–Kier alpha value is -3.66. The van der Waals surface area contributed by atoms with Gasteiger partial charge in [-0.05, 0) is 87.6 Å². The lowest BCUT2D eigenvalue weighted by atomic mass is 9.77. The molecule has 7 nitrogen and oxygen atoms in total. The summed E-state index contributed by atoms with van der Waals surface area (Å²) in [5, 5.41) is 0.280. The Labute approximate surface area is 251 Å². The quantitative estimate of drug-likeness (QED) is 0.237. The normalized spacial score (nSPS) is 19.3. The summed E-state index contributed by atoms with van der Waals surface area (Å²) in [6, 6.07) is 9.13. The van der Waals surface area contributed by atoms with Gasteiger partial charge in [-0.1, -0.05) is 30.5 Å². The topological polar surface area (TPSA) is 85.2 Å². The molecule has 0 unspecified atom stereocenters. The maximum atomic E-state index is 15.3. The van der Waals surface area contributed by atoms with Gasteiger partial charge in [-0.2, -0.15) is 0 Å². The van der Waals surface area contributed by atoms with Crippen LogP contribution in [-0.2, 0) is 21.2 Å². The Morgan fingerprint density at radius 1 is 1.00 bits per heavy atom. The number of carbonyl (C=O) groups excluding carboxylic acids is 1. The van der Waals surface area contributed by atoms with Crippen molar-refractivity contribution >= 4 is 27.0 Å². The summed E-state index contributed by atoms with van der Waals surface area (Å²) in [5.41, 5.74) is 2.55. The van der Waals surface area contributed by atoms with Crippen molar-refractivity contribution in [3.8, 4) is 11.3 Å². The zero-order chi connectivity index (χ0) is 30.3. The highest BCUT2D eigenvalue weighted by molar-refractivity contribution is 7.90. The molecule has 0 radical (unpaired) electrons. The zero-order valence-corrected chi connectivity index (χ0v) is 25.3. The van der Waals surface area contributed by atoms with Crippen LogP contribution in [0.15, 0.2) is 53.7 Å². The summed E-state index contributed by atoms with van der Waals surface area (Å²) in [4.78, 5) is 23.7. The van der Waals surface area contributed by atoms with E-state index in [9.17, 15) is 17.6 Å². The number of hydrogen-bond donors (Lipinski definition) is 0. The minimum absolute atomic E-state index is 0.0711. The molecular formula is C33H36F2N4O3S. The van der Waals surface area contributed by atoms with Gasteiger partial charge in [-0.25, -0.2) is 31.1 Å². The number of nitrogens with zero attached hydrogens (tertiary/aromatic N) is 4. The van der Waals surface area contributed by atoms with Crippen LogP contribution in [0.2, 0.25) is 0 Å². The Bertz CT molecular complexity index is 1780. The molecule has 0 spiro atoms. The molecule has 1 aromatic carbocycles. The second kappa shape index (κ2) is 11.8. The predicted octanol–water partition coefficient (Wildman–Crippen LogP) is 6.59. The van der Waals surface area contributed by atoms with Crippen LogP contribution in [0.3, 0.4) is 0 Å². The first kappa shape index (κ1) is 29.4. The second-order valence-corrected chi connectivity index (χ2v) is 14.0. The molecule has 4 heterocycles. The van der Waals surface area contributed by atoms with E-state index in [1.807, 2.05) is 11.8 Å². The Morgan fingerprint density at radius 2 is 1.72 bits per heavy atom. The predicted molar refractivity (Wildman–Crippen MR) is 161 cm³/mol. The van der Waals surface area contributed by atoms with Gasteiger partial charge in [0.2, 0.25) is 5.91 Å². The van der Waals surface area contributed by atoms with Gasteiger partial charge in [0.15, 0.2) is 5.65 Å². The van der Waals surface area contributed by atoms with E-state index in [0.717, 1.165) is 67.3 Å². The summed E-state index contributed by atoms with van der Waals surface area (Å²) in [6.45, 7) is 5.27. The van der Waals surface area contributed by atoms with Gasteiger partial charge >= 0.3 is 0 Å². The highest BCUT2D eigenvalue weighted by atomic mass is 32.2. The van der Waals surface area contributed by atoms with Crippen LogP contribution in [0.4, 0.5) is 8.78 Å². The molecule has 1 saturated carbocycles. The van der Waals surface area contributed by atoms with Crippen LogP contribution in [0.25, 0.3) is 22.3 Å². The number of carbonyl (C=O) groups is 1. The SMILES string of the molecule is Cc1ccc(S(=O)(=O)n2cc(-c3nc(C[C@H]4CCC[C@@H](CC(=O)N5CCCC5)C4)c(F)cc3C)c3cc(F)cnc32)cc1. The number of aryl methyl sites for hydroxylation is 2. The first-order valence-electron chi connectivity index (χ1n) is 15.0. The van der Waals surface area contributed by atoms with Gasteiger partial charge in [0.05, 0.1) is 22.5 Å². The molecule has 0 bridgehead atoms. The highest BCUT2D eigenvalue weighted by Crippen LogP contribution is 2.37. The first-order valence-corrected chi connectivity index (χ1v) is 16.5. The fraction of sp³-hybridized carbons (Fsp3) is 0.424. The lowest BCUT2D eigenvalue weighted by Gasteiger charge is -2.30. The van der Waals surface area contributed by atoms with E-state index in [4.69, 9.17) is 4.98 Å². The second-order valence-electron chi connectivity index (χ2n) is 12.2. The summed E-state index contributed by atoms with van der Waals surface area (Å²) >= 11 is 0. The molecule has 2 aliphatic rings. The van der Waals surface area contributed by atoms with Crippen LogP contribution in [0, 0.1) is 37.3 Å². The van der Waals surface area contributed by atoms with E-state index in [1.54, 1.807) is 19.1 Å². The molecule has 1 aliphatic heterocycles. The van der Waals surface area contributed by atoms with Crippen molar-refractivity contribution in [3.05, 3.63) is 77.2 Å². The third-order valence-electron chi connectivity index (χ3n) is 8.95. The van der Waals surface area contributed by atoms with Crippen molar-refractivity contribution in [2.75, 3.05) is 13.1 Å². The zero-order valence-electron chi connectivity index (χ0n) is 24.5. The number of aromatic nitrogens is 3. The third-order valence-corrected chi connectivity index (χ3v) is 10.6. The fourth-order valence-corrected chi connectivity index (χ4v) is 8.00. The maximum absolute atomic E-state index is 15.3. The molecule has 1 saturated heterocycles. The van der Waals surface area contributed by atoms with Gasteiger partial charge in [0.25, 0.3) is 10.0 Å². The molecular weight excluding hydrogens is 570 g/mol. The number of amides is 1. The molecule has 1 amide bonds. The van der Waals surface area contributed by atoms with Crippen LogP contribution in [0.5, 0.6) is 0 Å². The molecule has 0 N–H and O–H groups in total. The molecule has 4 aromatic rings. The van der Waals surface area contributed by atoms with Crippen molar-refractivity contribution < 1.29 is 22.0 Å². The third kappa shape index (κ3) is 5.94. The number of fused-ring (bicyclic) bond motifs is 1. The summed E-state index contributed by atoms with van der Waals surface area (Å²) in [7, 11) is -4.06.